The maximum atomic E-state index is 13.4. The average Bonchev–Trinajstić information content (AvgIpc) is 3.12. The first kappa shape index (κ1) is 17.6. The lowest BCUT2D eigenvalue weighted by atomic mass is 10.1. The number of piperidine rings is 1. The van der Waals surface area contributed by atoms with Crippen LogP contribution in [0.3, 0.4) is 0 Å². The standard InChI is InChI=1S/C18H21FN6O2/c19-12-5-6-14-13(11-12)21-18(27)16-15(22-23-25(14)16)17(26)20-7-4-10-24-8-2-1-3-9-24/h5-6,11H,1-4,7-10H2,(H,20,26)(H,21,27). The molecule has 1 aromatic carbocycles. The third-order valence-electron chi connectivity index (χ3n) is 4.92. The van der Waals surface area contributed by atoms with E-state index >= 15 is 0 Å². The predicted molar refractivity (Wildman–Crippen MR) is 98.3 cm³/mol. The van der Waals surface area contributed by atoms with Crippen molar-refractivity contribution in [1.29, 1.82) is 0 Å². The Kier molecular flexibility index (Phi) is 4.85. The zero-order chi connectivity index (χ0) is 18.8. The van der Waals surface area contributed by atoms with Crippen LogP contribution >= 0.6 is 0 Å². The Morgan fingerprint density at radius 3 is 2.89 bits per heavy atom. The largest absolute Gasteiger partial charge is 0.351 e. The smallest absolute Gasteiger partial charge is 0.277 e. The molecule has 1 aliphatic rings. The van der Waals surface area contributed by atoms with E-state index in [1.54, 1.807) is 0 Å². The SMILES string of the molecule is O=C(NCCCN1CCCCC1)c1nnn2c1c(=O)[nH]c1cc(F)ccc12. The lowest BCUT2D eigenvalue weighted by Crippen LogP contribution is -2.33. The first-order valence-corrected chi connectivity index (χ1v) is 9.21. The van der Waals surface area contributed by atoms with Crippen molar-refractivity contribution >= 4 is 22.5 Å². The summed E-state index contributed by atoms with van der Waals surface area (Å²) in [6.45, 7) is 3.68. The van der Waals surface area contributed by atoms with Gasteiger partial charge in [0, 0.05) is 6.54 Å². The van der Waals surface area contributed by atoms with Gasteiger partial charge in [-0.25, -0.2) is 8.91 Å². The summed E-state index contributed by atoms with van der Waals surface area (Å²) >= 11 is 0. The minimum Gasteiger partial charge on any atom is -0.351 e. The Morgan fingerprint density at radius 1 is 1.26 bits per heavy atom. The highest BCUT2D eigenvalue weighted by Gasteiger charge is 2.19. The highest BCUT2D eigenvalue weighted by Crippen LogP contribution is 2.14. The highest BCUT2D eigenvalue weighted by atomic mass is 19.1. The Labute approximate surface area is 154 Å². The van der Waals surface area contributed by atoms with Gasteiger partial charge in [-0.1, -0.05) is 11.6 Å². The number of nitrogens with zero attached hydrogens (tertiary/aromatic N) is 4. The second-order valence-corrected chi connectivity index (χ2v) is 6.83. The molecule has 0 radical (unpaired) electrons. The van der Waals surface area contributed by atoms with Crippen LogP contribution in [0.15, 0.2) is 23.0 Å². The third kappa shape index (κ3) is 3.55. The summed E-state index contributed by atoms with van der Waals surface area (Å²) in [5.74, 6) is -0.903. The van der Waals surface area contributed by atoms with Crippen LogP contribution in [0.4, 0.5) is 4.39 Å². The van der Waals surface area contributed by atoms with E-state index in [2.05, 4.69) is 25.5 Å². The molecule has 3 heterocycles. The summed E-state index contributed by atoms with van der Waals surface area (Å²) in [6.07, 6.45) is 4.60. The van der Waals surface area contributed by atoms with Crippen molar-refractivity contribution in [2.75, 3.05) is 26.2 Å². The van der Waals surface area contributed by atoms with Crippen LogP contribution in [-0.4, -0.2) is 56.8 Å². The van der Waals surface area contributed by atoms with Gasteiger partial charge < -0.3 is 15.2 Å². The van der Waals surface area contributed by atoms with Crippen LogP contribution in [0.5, 0.6) is 0 Å². The van der Waals surface area contributed by atoms with E-state index in [1.807, 2.05) is 0 Å². The van der Waals surface area contributed by atoms with Gasteiger partial charge in [0.1, 0.15) is 5.82 Å². The molecule has 8 nitrogen and oxygen atoms in total. The summed E-state index contributed by atoms with van der Waals surface area (Å²) in [4.78, 5) is 29.8. The fourth-order valence-corrected chi connectivity index (χ4v) is 3.55. The van der Waals surface area contributed by atoms with Crippen molar-refractivity contribution in [2.45, 2.75) is 25.7 Å². The van der Waals surface area contributed by atoms with Gasteiger partial charge in [0.2, 0.25) is 0 Å². The van der Waals surface area contributed by atoms with E-state index in [0.717, 1.165) is 26.1 Å². The summed E-state index contributed by atoms with van der Waals surface area (Å²) in [5, 5.41) is 10.6. The second kappa shape index (κ2) is 7.43. The summed E-state index contributed by atoms with van der Waals surface area (Å²) < 4.78 is 14.6. The Balaban J connectivity index is 1.49. The van der Waals surface area contributed by atoms with Gasteiger partial charge in [0.15, 0.2) is 11.2 Å². The van der Waals surface area contributed by atoms with Crippen LogP contribution in [0, 0.1) is 5.82 Å². The van der Waals surface area contributed by atoms with E-state index in [4.69, 9.17) is 0 Å². The lowest BCUT2D eigenvalue weighted by Gasteiger charge is -2.26. The molecule has 0 saturated carbocycles. The van der Waals surface area contributed by atoms with E-state index < -0.39 is 17.3 Å². The van der Waals surface area contributed by atoms with Gasteiger partial charge >= 0.3 is 0 Å². The summed E-state index contributed by atoms with van der Waals surface area (Å²) in [5.41, 5.74) is 0.271. The molecule has 0 atom stereocenters. The molecule has 0 bridgehead atoms. The number of benzene rings is 1. The molecule has 9 heteroatoms. The number of carbonyl (C=O) groups is 1. The predicted octanol–water partition coefficient (Wildman–Crippen LogP) is 1.32. The molecular weight excluding hydrogens is 351 g/mol. The average molecular weight is 372 g/mol. The number of likely N-dealkylation sites (tertiary alicyclic amines) is 1. The fourth-order valence-electron chi connectivity index (χ4n) is 3.55. The van der Waals surface area contributed by atoms with Crippen molar-refractivity contribution in [3.05, 3.63) is 40.1 Å². The van der Waals surface area contributed by atoms with Gasteiger partial charge in [-0.05, 0) is 57.1 Å². The quantitative estimate of drug-likeness (QED) is 0.659. The second-order valence-electron chi connectivity index (χ2n) is 6.83. The zero-order valence-corrected chi connectivity index (χ0v) is 14.9. The number of nitrogens with one attached hydrogen (secondary N) is 2. The molecule has 2 N–H and O–H groups in total. The molecular formula is C18H21FN6O2. The highest BCUT2D eigenvalue weighted by molar-refractivity contribution is 5.99. The molecule has 0 unspecified atom stereocenters. The molecule has 1 fully saturated rings. The maximum absolute atomic E-state index is 13.4. The molecule has 1 saturated heterocycles. The Morgan fingerprint density at radius 2 is 2.07 bits per heavy atom. The van der Waals surface area contributed by atoms with E-state index in [-0.39, 0.29) is 11.2 Å². The molecule has 0 aliphatic carbocycles. The minimum atomic E-state index is -0.531. The summed E-state index contributed by atoms with van der Waals surface area (Å²) in [6, 6.07) is 3.96. The van der Waals surface area contributed by atoms with Crippen molar-refractivity contribution in [1.82, 2.24) is 30.0 Å². The molecule has 1 aliphatic heterocycles. The van der Waals surface area contributed by atoms with Crippen LogP contribution in [0.1, 0.15) is 36.2 Å². The third-order valence-corrected chi connectivity index (χ3v) is 4.92. The summed E-state index contributed by atoms with van der Waals surface area (Å²) in [7, 11) is 0. The fraction of sp³-hybridized carbons (Fsp3) is 0.444. The van der Waals surface area contributed by atoms with Gasteiger partial charge in [-0.3, -0.25) is 9.59 Å². The number of amides is 1. The zero-order valence-electron chi connectivity index (χ0n) is 14.9. The van der Waals surface area contributed by atoms with Crippen LogP contribution < -0.4 is 10.9 Å². The normalized spacial score (nSPS) is 15.4. The number of hydrogen-bond donors (Lipinski definition) is 2. The van der Waals surface area contributed by atoms with Crippen LogP contribution in [-0.2, 0) is 0 Å². The van der Waals surface area contributed by atoms with Crippen molar-refractivity contribution in [3.8, 4) is 0 Å². The number of hydrogen-bond acceptors (Lipinski definition) is 5. The number of rotatable bonds is 5. The minimum absolute atomic E-state index is 0.0274. The van der Waals surface area contributed by atoms with Gasteiger partial charge in [0.05, 0.1) is 11.0 Å². The molecule has 4 rings (SSSR count). The number of fused-ring (bicyclic) bond motifs is 3. The van der Waals surface area contributed by atoms with E-state index in [9.17, 15) is 14.0 Å². The molecule has 1 amide bonds. The van der Waals surface area contributed by atoms with Gasteiger partial charge in [-0.2, -0.15) is 0 Å². The van der Waals surface area contributed by atoms with Crippen molar-refractivity contribution in [2.24, 2.45) is 0 Å². The molecule has 2 aromatic heterocycles. The van der Waals surface area contributed by atoms with Gasteiger partial charge in [0.25, 0.3) is 11.5 Å². The Hall–Kier alpha value is -2.81. The molecule has 3 aromatic rings. The topological polar surface area (TPSA) is 95.4 Å². The molecule has 142 valence electrons. The molecule has 0 spiro atoms. The van der Waals surface area contributed by atoms with E-state index in [0.29, 0.717) is 17.6 Å². The number of aromatic nitrogens is 4. The van der Waals surface area contributed by atoms with Gasteiger partial charge in [-0.15, -0.1) is 5.10 Å². The van der Waals surface area contributed by atoms with E-state index in [1.165, 1.54) is 42.0 Å². The van der Waals surface area contributed by atoms with Crippen LogP contribution in [0.2, 0.25) is 0 Å². The first-order chi connectivity index (χ1) is 13.1. The van der Waals surface area contributed by atoms with Crippen molar-refractivity contribution < 1.29 is 9.18 Å². The number of H-pyrrole nitrogens is 1. The molecule has 27 heavy (non-hydrogen) atoms. The maximum Gasteiger partial charge on any atom is 0.277 e. The number of carbonyl (C=O) groups excluding carboxylic acids is 1. The van der Waals surface area contributed by atoms with Crippen LogP contribution in [0.25, 0.3) is 16.6 Å². The lowest BCUT2D eigenvalue weighted by molar-refractivity contribution is 0.0947. The number of halogens is 1. The Bertz CT molecular complexity index is 1040. The number of aromatic amines is 1. The monoisotopic (exact) mass is 372 g/mol. The van der Waals surface area contributed by atoms with Crippen molar-refractivity contribution in [3.63, 3.8) is 0 Å². The first-order valence-electron chi connectivity index (χ1n) is 9.21.